The summed E-state index contributed by atoms with van der Waals surface area (Å²) < 4.78 is 0. The maximum absolute atomic E-state index is 12.2. The Balaban J connectivity index is 1.94. The topological polar surface area (TPSA) is 54.0 Å². The first-order valence-electron chi connectivity index (χ1n) is 6.68. The van der Waals surface area contributed by atoms with E-state index >= 15 is 0 Å². The monoisotopic (exact) mass is 287 g/mol. The zero-order chi connectivity index (χ0) is 14.3. The lowest BCUT2D eigenvalue weighted by atomic mass is 10.0. The van der Waals surface area contributed by atoms with Gasteiger partial charge in [-0.05, 0) is 18.6 Å². The van der Waals surface area contributed by atoms with Gasteiger partial charge in [-0.1, -0.05) is 26.0 Å². The normalized spacial score (nSPS) is 17.6. The lowest BCUT2D eigenvalue weighted by Crippen LogP contribution is -2.39. The minimum absolute atomic E-state index is 0.0495. The number of fused-ring (bicyclic) bond motifs is 1. The summed E-state index contributed by atoms with van der Waals surface area (Å²) in [4.78, 5) is 16.8. The average molecular weight is 287 g/mol. The van der Waals surface area contributed by atoms with Crippen molar-refractivity contribution in [2.45, 2.75) is 32.9 Å². The Morgan fingerprint density at radius 3 is 2.80 bits per heavy atom. The number of aromatic nitrogens is 1. The first-order valence-corrected chi connectivity index (χ1v) is 7.56. The van der Waals surface area contributed by atoms with Gasteiger partial charge in [0.1, 0.15) is 6.17 Å². The van der Waals surface area contributed by atoms with Gasteiger partial charge in [-0.2, -0.15) is 0 Å². The van der Waals surface area contributed by atoms with Crippen LogP contribution in [0.3, 0.4) is 0 Å². The Kier molecular flexibility index (Phi) is 3.22. The third-order valence-electron chi connectivity index (χ3n) is 3.41. The van der Waals surface area contributed by atoms with Crippen LogP contribution in [0.2, 0.25) is 0 Å². The third-order valence-corrected chi connectivity index (χ3v) is 4.57. The van der Waals surface area contributed by atoms with Crippen molar-refractivity contribution < 1.29 is 4.79 Å². The first kappa shape index (κ1) is 13.1. The Bertz CT molecular complexity index is 663. The molecule has 1 atom stereocenters. The number of anilines is 1. The number of aryl methyl sites for hydroxylation is 1. The molecule has 0 fully saturated rings. The molecule has 0 saturated heterocycles. The average Bonchev–Trinajstić information content (AvgIpc) is 2.89. The van der Waals surface area contributed by atoms with E-state index in [0.717, 1.165) is 22.0 Å². The number of carbonyl (C=O) groups is 1. The van der Waals surface area contributed by atoms with Crippen molar-refractivity contribution in [2.24, 2.45) is 0 Å². The molecule has 0 saturated carbocycles. The standard InChI is InChI=1S/C15H17N3OS/c1-8(2)15-16-11(7-20-15)13-17-12-9(3)5-4-6-10(12)14(19)18-13/h4-8,13,17H,1-3H3,(H,18,19). The summed E-state index contributed by atoms with van der Waals surface area (Å²) >= 11 is 1.64. The van der Waals surface area contributed by atoms with Crippen LogP contribution in [-0.4, -0.2) is 10.9 Å². The molecule has 0 aliphatic carbocycles. The Morgan fingerprint density at radius 1 is 1.30 bits per heavy atom. The summed E-state index contributed by atoms with van der Waals surface area (Å²) in [5, 5.41) is 9.44. The molecule has 0 bridgehead atoms. The second-order valence-electron chi connectivity index (χ2n) is 5.31. The van der Waals surface area contributed by atoms with Crippen molar-refractivity contribution in [3.63, 3.8) is 0 Å². The number of benzene rings is 1. The highest BCUT2D eigenvalue weighted by Crippen LogP contribution is 2.30. The fraction of sp³-hybridized carbons (Fsp3) is 0.333. The number of amides is 1. The van der Waals surface area contributed by atoms with Gasteiger partial charge in [0.2, 0.25) is 0 Å². The lowest BCUT2D eigenvalue weighted by Gasteiger charge is -2.27. The predicted molar refractivity (Wildman–Crippen MR) is 81.2 cm³/mol. The van der Waals surface area contributed by atoms with Gasteiger partial charge < -0.3 is 10.6 Å². The van der Waals surface area contributed by atoms with Gasteiger partial charge in [0, 0.05) is 11.3 Å². The van der Waals surface area contributed by atoms with Gasteiger partial charge in [0.25, 0.3) is 5.91 Å². The van der Waals surface area contributed by atoms with E-state index < -0.39 is 0 Å². The summed E-state index contributed by atoms with van der Waals surface area (Å²) in [5.74, 6) is 0.355. The van der Waals surface area contributed by atoms with Crippen LogP contribution in [0, 0.1) is 6.92 Å². The van der Waals surface area contributed by atoms with E-state index in [9.17, 15) is 4.79 Å². The fourth-order valence-corrected chi connectivity index (χ4v) is 3.14. The molecule has 1 aliphatic rings. The van der Waals surface area contributed by atoms with Crippen molar-refractivity contribution in [3.05, 3.63) is 45.4 Å². The van der Waals surface area contributed by atoms with E-state index in [-0.39, 0.29) is 12.1 Å². The van der Waals surface area contributed by atoms with Crippen molar-refractivity contribution in [3.8, 4) is 0 Å². The quantitative estimate of drug-likeness (QED) is 0.889. The predicted octanol–water partition coefficient (Wildman–Crippen LogP) is 3.43. The highest BCUT2D eigenvalue weighted by Gasteiger charge is 2.27. The molecular formula is C15H17N3OS. The molecule has 1 aromatic carbocycles. The fourth-order valence-electron chi connectivity index (χ4n) is 2.28. The summed E-state index contributed by atoms with van der Waals surface area (Å²) in [7, 11) is 0. The molecule has 1 aliphatic heterocycles. The van der Waals surface area contributed by atoms with Crippen LogP contribution >= 0.6 is 11.3 Å². The first-order chi connectivity index (χ1) is 9.56. The van der Waals surface area contributed by atoms with Crippen LogP contribution in [0.25, 0.3) is 0 Å². The van der Waals surface area contributed by atoms with Crippen LogP contribution in [0.15, 0.2) is 23.6 Å². The van der Waals surface area contributed by atoms with Gasteiger partial charge in [-0.25, -0.2) is 4.98 Å². The van der Waals surface area contributed by atoms with E-state index in [1.165, 1.54) is 0 Å². The van der Waals surface area contributed by atoms with Gasteiger partial charge in [0.05, 0.1) is 22.0 Å². The van der Waals surface area contributed by atoms with E-state index in [4.69, 9.17) is 0 Å². The summed E-state index contributed by atoms with van der Waals surface area (Å²) in [6, 6.07) is 5.74. The minimum Gasteiger partial charge on any atom is -0.359 e. The Morgan fingerprint density at radius 2 is 2.10 bits per heavy atom. The number of hydrogen-bond acceptors (Lipinski definition) is 4. The molecule has 1 amide bonds. The van der Waals surface area contributed by atoms with Crippen molar-refractivity contribution in [1.82, 2.24) is 10.3 Å². The van der Waals surface area contributed by atoms with E-state index in [2.05, 4.69) is 29.5 Å². The molecule has 0 spiro atoms. The molecule has 3 rings (SSSR count). The molecular weight excluding hydrogens is 270 g/mol. The van der Waals surface area contributed by atoms with E-state index in [0.29, 0.717) is 11.5 Å². The maximum atomic E-state index is 12.2. The zero-order valence-corrected chi connectivity index (χ0v) is 12.5. The van der Waals surface area contributed by atoms with E-state index in [1.54, 1.807) is 11.3 Å². The molecule has 2 heterocycles. The number of thiazole rings is 1. The van der Waals surface area contributed by atoms with Gasteiger partial charge in [-0.15, -0.1) is 11.3 Å². The number of hydrogen-bond donors (Lipinski definition) is 2. The van der Waals surface area contributed by atoms with Gasteiger partial charge in [0.15, 0.2) is 0 Å². The smallest absolute Gasteiger partial charge is 0.255 e. The summed E-state index contributed by atoms with van der Waals surface area (Å²) in [5.41, 5.74) is 3.54. The molecule has 0 radical (unpaired) electrons. The summed E-state index contributed by atoms with van der Waals surface area (Å²) in [6.07, 6.45) is -0.250. The molecule has 2 aromatic rings. The zero-order valence-electron chi connectivity index (χ0n) is 11.7. The molecule has 5 heteroatoms. The van der Waals surface area contributed by atoms with Crippen molar-refractivity contribution in [2.75, 3.05) is 5.32 Å². The van der Waals surface area contributed by atoms with Crippen molar-refractivity contribution >= 4 is 22.9 Å². The molecule has 2 N–H and O–H groups in total. The number of carbonyl (C=O) groups excluding carboxylic acids is 1. The highest BCUT2D eigenvalue weighted by molar-refractivity contribution is 7.09. The van der Waals surface area contributed by atoms with Crippen LogP contribution in [0.4, 0.5) is 5.69 Å². The highest BCUT2D eigenvalue weighted by atomic mass is 32.1. The second-order valence-corrected chi connectivity index (χ2v) is 6.20. The molecule has 1 aromatic heterocycles. The van der Waals surface area contributed by atoms with Crippen molar-refractivity contribution in [1.29, 1.82) is 0 Å². The number of nitrogens with zero attached hydrogens (tertiary/aromatic N) is 1. The number of nitrogens with one attached hydrogen (secondary N) is 2. The largest absolute Gasteiger partial charge is 0.359 e. The Hall–Kier alpha value is -1.88. The molecule has 20 heavy (non-hydrogen) atoms. The third kappa shape index (κ3) is 2.18. The summed E-state index contributed by atoms with van der Waals surface area (Å²) in [6.45, 7) is 6.24. The second kappa shape index (κ2) is 4.90. The van der Waals surface area contributed by atoms with Gasteiger partial charge in [-0.3, -0.25) is 4.79 Å². The molecule has 4 nitrogen and oxygen atoms in total. The van der Waals surface area contributed by atoms with Crippen LogP contribution < -0.4 is 10.6 Å². The minimum atomic E-state index is -0.250. The SMILES string of the molecule is Cc1cccc2c1NC(c1csc(C(C)C)n1)NC2=O. The maximum Gasteiger partial charge on any atom is 0.255 e. The van der Waals surface area contributed by atoms with Gasteiger partial charge >= 0.3 is 0 Å². The number of para-hydroxylation sites is 1. The molecule has 1 unspecified atom stereocenters. The number of rotatable bonds is 2. The van der Waals surface area contributed by atoms with E-state index in [1.807, 2.05) is 30.5 Å². The Labute approximate surface area is 122 Å². The molecule has 104 valence electrons. The van der Waals surface area contributed by atoms with Crippen LogP contribution in [0.5, 0.6) is 0 Å². The van der Waals surface area contributed by atoms with Crippen LogP contribution in [-0.2, 0) is 0 Å². The van der Waals surface area contributed by atoms with Crippen LogP contribution in [0.1, 0.15) is 52.6 Å². The lowest BCUT2D eigenvalue weighted by molar-refractivity contribution is 0.0935.